The second kappa shape index (κ2) is 8.26. The number of rotatable bonds is 6. The standard InChI is InChI=1S/C17H15FN2O4S/c1-10(15(21)20-16-12(9-19)7-8-25-16)24-17(22)11(2)23-14-5-3-13(18)4-6-14/h3-8,10-11H,1-2H3,(H,20,21)/t10-,11+/m1/s1. The fraction of sp³-hybridized carbons (Fsp3) is 0.235. The summed E-state index contributed by atoms with van der Waals surface area (Å²) in [5.41, 5.74) is 0.338. The van der Waals surface area contributed by atoms with Gasteiger partial charge in [0, 0.05) is 0 Å². The lowest BCUT2D eigenvalue weighted by Crippen LogP contribution is -2.35. The van der Waals surface area contributed by atoms with Crippen LogP contribution in [0, 0.1) is 17.1 Å². The largest absolute Gasteiger partial charge is 0.479 e. The molecule has 0 spiro atoms. The number of hydrogen-bond acceptors (Lipinski definition) is 6. The molecule has 0 saturated heterocycles. The van der Waals surface area contributed by atoms with Gasteiger partial charge in [-0.3, -0.25) is 4.79 Å². The van der Waals surface area contributed by atoms with Gasteiger partial charge in [0.25, 0.3) is 5.91 Å². The summed E-state index contributed by atoms with van der Waals surface area (Å²) in [4.78, 5) is 24.1. The van der Waals surface area contributed by atoms with Crippen LogP contribution in [0.5, 0.6) is 5.75 Å². The van der Waals surface area contributed by atoms with Gasteiger partial charge < -0.3 is 14.8 Å². The maximum Gasteiger partial charge on any atom is 0.347 e. The summed E-state index contributed by atoms with van der Waals surface area (Å²) in [6.45, 7) is 2.88. The topological polar surface area (TPSA) is 88.4 Å². The number of nitrogens with one attached hydrogen (secondary N) is 1. The molecule has 1 N–H and O–H groups in total. The molecule has 1 heterocycles. The van der Waals surface area contributed by atoms with Crippen LogP contribution in [0.1, 0.15) is 19.4 Å². The number of thiophene rings is 1. The molecule has 1 aromatic heterocycles. The fourth-order valence-corrected chi connectivity index (χ4v) is 2.54. The van der Waals surface area contributed by atoms with Crippen molar-refractivity contribution in [2.24, 2.45) is 0 Å². The molecular weight excluding hydrogens is 347 g/mol. The number of ether oxygens (including phenoxy) is 2. The highest BCUT2D eigenvalue weighted by Crippen LogP contribution is 2.22. The number of amides is 1. The summed E-state index contributed by atoms with van der Waals surface area (Å²) < 4.78 is 23.2. The van der Waals surface area contributed by atoms with Gasteiger partial charge in [0.15, 0.2) is 12.2 Å². The Kier molecular flexibility index (Phi) is 6.08. The van der Waals surface area contributed by atoms with E-state index < -0.39 is 29.9 Å². The van der Waals surface area contributed by atoms with Gasteiger partial charge in [0.05, 0.1) is 5.56 Å². The van der Waals surface area contributed by atoms with E-state index in [1.807, 2.05) is 6.07 Å². The van der Waals surface area contributed by atoms with Crippen LogP contribution in [0.3, 0.4) is 0 Å². The van der Waals surface area contributed by atoms with Gasteiger partial charge in [0.1, 0.15) is 22.6 Å². The van der Waals surface area contributed by atoms with Crippen LogP contribution in [0.2, 0.25) is 0 Å². The van der Waals surface area contributed by atoms with Gasteiger partial charge in [-0.05, 0) is 49.6 Å². The minimum Gasteiger partial charge on any atom is -0.479 e. The van der Waals surface area contributed by atoms with Crippen molar-refractivity contribution in [2.45, 2.75) is 26.1 Å². The van der Waals surface area contributed by atoms with Crippen molar-refractivity contribution in [3.05, 3.63) is 47.1 Å². The number of anilines is 1. The molecule has 0 unspecified atom stereocenters. The molecule has 0 bridgehead atoms. The Morgan fingerprint density at radius 2 is 1.88 bits per heavy atom. The van der Waals surface area contributed by atoms with Crippen LogP contribution < -0.4 is 10.1 Å². The molecule has 6 nitrogen and oxygen atoms in total. The number of halogens is 1. The molecule has 0 aliphatic rings. The molecule has 1 aromatic carbocycles. The van der Waals surface area contributed by atoms with Gasteiger partial charge in [-0.15, -0.1) is 11.3 Å². The number of carbonyl (C=O) groups is 2. The van der Waals surface area contributed by atoms with Gasteiger partial charge in [-0.1, -0.05) is 0 Å². The van der Waals surface area contributed by atoms with Crippen molar-refractivity contribution in [3.63, 3.8) is 0 Å². The Bertz CT molecular complexity index is 798. The number of nitriles is 1. The molecule has 8 heteroatoms. The van der Waals surface area contributed by atoms with E-state index in [2.05, 4.69) is 5.32 Å². The second-order valence-corrected chi connectivity index (χ2v) is 5.97. The molecule has 2 aromatic rings. The van der Waals surface area contributed by atoms with E-state index in [0.717, 1.165) is 0 Å². The first-order chi connectivity index (χ1) is 11.9. The van der Waals surface area contributed by atoms with E-state index in [1.54, 1.807) is 11.4 Å². The van der Waals surface area contributed by atoms with Crippen molar-refractivity contribution in [2.75, 3.05) is 5.32 Å². The maximum atomic E-state index is 12.8. The van der Waals surface area contributed by atoms with E-state index in [0.29, 0.717) is 16.3 Å². The molecule has 0 saturated carbocycles. The number of benzene rings is 1. The maximum absolute atomic E-state index is 12.8. The third kappa shape index (κ3) is 5.02. The minimum atomic E-state index is -1.07. The van der Waals surface area contributed by atoms with Crippen molar-refractivity contribution in [1.82, 2.24) is 0 Å². The molecule has 2 rings (SSSR count). The van der Waals surface area contributed by atoms with Gasteiger partial charge in [-0.2, -0.15) is 5.26 Å². The summed E-state index contributed by atoms with van der Waals surface area (Å²) in [5, 5.41) is 13.5. The van der Waals surface area contributed by atoms with Gasteiger partial charge in [0.2, 0.25) is 0 Å². The van der Waals surface area contributed by atoms with E-state index >= 15 is 0 Å². The molecule has 0 aliphatic carbocycles. The molecular formula is C17H15FN2O4S. The van der Waals surface area contributed by atoms with E-state index in [4.69, 9.17) is 14.7 Å². The van der Waals surface area contributed by atoms with Crippen LogP contribution in [0.4, 0.5) is 9.39 Å². The number of esters is 1. The first-order valence-corrected chi connectivity index (χ1v) is 8.20. The quantitative estimate of drug-likeness (QED) is 0.798. The van der Waals surface area contributed by atoms with Crippen molar-refractivity contribution in [3.8, 4) is 11.8 Å². The molecule has 130 valence electrons. The lowest BCUT2D eigenvalue weighted by atomic mass is 10.3. The normalized spacial score (nSPS) is 12.6. The zero-order chi connectivity index (χ0) is 18.4. The summed E-state index contributed by atoms with van der Waals surface area (Å²) >= 11 is 1.20. The average Bonchev–Trinajstić information content (AvgIpc) is 3.03. The Morgan fingerprint density at radius 3 is 2.52 bits per heavy atom. The van der Waals surface area contributed by atoms with Crippen molar-refractivity contribution in [1.29, 1.82) is 5.26 Å². The minimum absolute atomic E-state index is 0.306. The highest BCUT2D eigenvalue weighted by atomic mass is 32.1. The first kappa shape index (κ1) is 18.4. The predicted molar refractivity (Wildman–Crippen MR) is 89.7 cm³/mol. The Morgan fingerprint density at radius 1 is 1.20 bits per heavy atom. The number of carbonyl (C=O) groups excluding carboxylic acids is 2. The fourth-order valence-electron chi connectivity index (χ4n) is 1.80. The van der Waals surface area contributed by atoms with Crippen LogP contribution in [0.25, 0.3) is 0 Å². The summed E-state index contributed by atoms with van der Waals surface area (Å²) in [6, 6.07) is 8.71. The summed E-state index contributed by atoms with van der Waals surface area (Å²) in [5.74, 6) is -1.40. The molecule has 2 atom stereocenters. The zero-order valence-corrected chi connectivity index (χ0v) is 14.3. The van der Waals surface area contributed by atoms with E-state index in [9.17, 15) is 14.0 Å². The van der Waals surface area contributed by atoms with Crippen molar-refractivity contribution >= 4 is 28.2 Å². The SMILES string of the molecule is C[C@H](Oc1ccc(F)cc1)C(=O)O[C@H](C)C(=O)Nc1sccc1C#N. The summed E-state index contributed by atoms with van der Waals surface area (Å²) in [6.07, 6.45) is -2.04. The van der Waals surface area contributed by atoms with Gasteiger partial charge >= 0.3 is 5.97 Å². The molecule has 0 radical (unpaired) electrons. The average molecular weight is 362 g/mol. The van der Waals surface area contributed by atoms with E-state index in [1.165, 1.54) is 49.4 Å². The highest BCUT2D eigenvalue weighted by Gasteiger charge is 2.24. The Balaban J connectivity index is 1.89. The second-order valence-electron chi connectivity index (χ2n) is 5.06. The van der Waals surface area contributed by atoms with Crippen LogP contribution in [0.15, 0.2) is 35.7 Å². The molecule has 0 aliphatic heterocycles. The highest BCUT2D eigenvalue weighted by molar-refractivity contribution is 7.14. The molecule has 1 amide bonds. The smallest absolute Gasteiger partial charge is 0.347 e. The molecule has 0 fully saturated rings. The van der Waals surface area contributed by atoms with Crippen LogP contribution in [-0.2, 0) is 14.3 Å². The number of nitrogens with zero attached hydrogens (tertiary/aromatic N) is 1. The van der Waals surface area contributed by atoms with Gasteiger partial charge in [-0.25, -0.2) is 9.18 Å². The zero-order valence-electron chi connectivity index (χ0n) is 13.5. The Labute approximate surface area is 147 Å². The lowest BCUT2D eigenvalue weighted by Gasteiger charge is -2.17. The van der Waals surface area contributed by atoms with E-state index in [-0.39, 0.29) is 0 Å². The summed E-state index contributed by atoms with van der Waals surface area (Å²) in [7, 11) is 0. The molecule has 25 heavy (non-hydrogen) atoms. The van der Waals surface area contributed by atoms with Crippen LogP contribution >= 0.6 is 11.3 Å². The van der Waals surface area contributed by atoms with Crippen molar-refractivity contribution < 1.29 is 23.5 Å². The third-order valence-corrected chi connectivity index (χ3v) is 3.97. The predicted octanol–water partition coefficient (Wildman–Crippen LogP) is 3.10. The Hall–Kier alpha value is -2.92. The third-order valence-electron chi connectivity index (χ3n) is 3.14. The van der Waals surface area contributed by atoms with Crippen LogP contribution in [-0.4, -0.2) is 24.1 Å². The number of hydrogen-bond donors (Lipinski definition) is 1. The monoisotopic (exact) mass is 362 g/mol. The first-order valence-electron chi connectivity index (χ1n) is 7.32. The lowest BCUT2D eigenvalue weighted by molar-refractivity contribution is -0.159.